The average molecular weight is 388 g/mol. The Morgan fingerprint density at radius 3 is 2.61 bits per heavy atom. The van der Waals surface area contributed by atoms with Crippen molar-refractivity contribution in [1.82, 2.24) is 9.55 Å². The van der Waals surface area contributed by atoms with Crippen LogP contribution in [0.3, 0.4) is 0 Å². The molecular formula is C22H20N4OS. The normalized spacial score (nSPS) is 12.8. The molecule has 0 fully saturated rings. The Bertz CT molecular complexity index is 1020. The number of thioether (sulfide) groups is 1. The van der Waals surface area contributed by atoms with E-state index >= 15 is 0 Å². The highest BCUT2D eigenvalue weighted by Gasteiger charge is 2.21. The molecule has 2 aromatic carbocycles. The van der Waals surface area contributed by atoms with Crippen LogP contribution in [-0.4, -0.2) is 21.2 Å². The number of para-hydroxylation sites is 1. The average Bonchev–Trinajstić information content (AvgIpc) is 3.12. The van der Waals surface area contributed by atoms with Gasteiger partial charge in [0, 0.05) is 17.1 Å². The summed E-state index contributed by atoms with van der Waals surface area (Å²) in [6, 6.07) is 19.2. The first-order valence-corrected chi connectivity index (χ1v) is 10.3. The van der Waals surface area contributed by atoms with Crippen molar-refractivity contribution in [2.24, 2.45) is 0 Å². The Labute approximate surface area is 168 Å². The Kier molecular flexibility index (Phi) is 5.45. The second-order valence-electron chi connectivity index (χ2n) is 6.69. The molecule has 6 heteroatoms. The fraction of sp³-hybridized carbons (Fsp3) is 0.227. The van der Waals surface area contributed by atoms with Gasteiger partial charge in [-0.15, -0.1) is 0 Å². The number of nitrogens with zero attached hydrogens (tertiary/aromatic N) is 3. The summed E-state index contributed by atoms with van der Waals surface area (Å²) in [6.07, 6.45) is 4.37. The van der Waals surface area contributed by atoms with Gasteiger partial charge in [0.2, 0.25) is 5.91 Å². The Balaban J connectivity index is 1.50. The van der Waals surface area contributed by atoms with Crippen LogP contribution in [0.4, 0.5) is 5.69 Å². The van der Waals surface area contributed by atoms with Crippen molar-refractivity contribution in [3.05, 3.63) is 71.5 Å². The van der Waals surface area contributed by atoms with Gasteiger partial charge in [-0.3, -0.25) is 9.36 Å². The lowest BCUT2D eigenvalue weighted by Gasteiger charge is -2.15. The molecule has 0 unspecified atom stereocenters. The minimum absolute atomic E-state index is 0.0877. The van der Waals surface area contributed by atoms with Crippen LogP contribution in [0.25, 0.3) is 5.69 Å². The molecule has 0 aliphatic heterocycles. The summed E-state index contributed by atoms with van der Waals surface area (Å²) in [5, 5.41) is 12.6. The molecule has 4 rings (SSSR count). The SMILES string of the molecule is N#Cc1ccc(NC(=O)CSc2nc3c(n2-c2ccccc2)CCCC3)cc1. The number of rotatable bonds is 5. The molecule has 1 N–H and O–H groups in total. The van der Waals surface area contributed by atoms with Gasteiger partial charge >= 0.3 is 0 Å². The van der Waals surface area contributed by atoms with E-state index in [9.17, 15) is 4.79 Å². The predicted molar refractivity (Wildman–Crippen MR) is 111 cm³/mol. The predicted octanol–water partition coefficient (Wildman–Crippen LogP) is 4.35. The zero-order valence-electron chi connectivity index (χ0n) is 15.4. The molecule has 0 atom stereocenters. The maximum Gasteiger partial charge on any atom is 0.234 e. The van der Waals surface area contributed by atoms with Crippen molar-refractivity contribution < 1.29 is 4.79 Å². The first-order chi connectivity index (χ1) is 13.7. The smallest absolute Gasteiger partial charge is 0.234 e. The van der Waals surface area contributed by atoms with Gasteiger partial charge in [-0.2, -0.15) is 5.26 Å². The third kappa shape index (κ3) is 3.95. The molecule has 140 valence electrons. The quantitative estimate of drug-likeness (QED) is 0.660. The number of benzene rings is 2. The first-order valence-electron chi connectivity index (χ1n) is 9.33. The highest BCUT2D eigenvalue weighted by Crippen LogP contribution is 2.30. The number of hydrogen-bond acceptors (Lipinski definition) is 4. The van der Waals surface area contributed by atoms with Crippen molar-refractivity contribution in [2.45, 2.75) is 30.8 Å². The summed E-state index contributed by atoms with van der Waals surface area (Å²) in [6.45, 7) is 0. The zero-order chi connectivity index (χ0) is 19.3. The van der Waals surface area contributed by atoms with Crippen LogP contribution in [0.1, 0.15) is 29.8 Å². The van der Waals surface area contributed by atoms with Crippen molar-refractivity contribution in [1.29, 1.82) is 5.26 Å². The summed E-state index contributed by atoms with van der Waals surface area (Å²) < 4.78 is 2.20. The summed E-state index contributed by atoms with van der Waals surface area (Å²) in [7, 11) is 0. The van der Waals surface area contributed by atoms with E-state index in [1.54, 1.807) is 24.3 Å². The van der Waals surface area contributed by atoms with Crippen LogP contribution in [0, 0.1) is 11.3 Å². The van der Waals surface area contributed by atoms with Gasteiger partial charge in [-0.1, -0.05) is 30.0 Å². The second-order valence-corrected chi connectivity index (χ2v) is 7.63. The highest BCUT2D eigenvalue weighted by molar-refractivity contribution is 7.99. The number of amides is 1. The number of nitriles is 1. The van der Waals surface area contributed by atoms with Crippen LogP contribution in [0.5, 0.6) is 0 Å². The Morgan fingerprint density at radius 2 is 1.86 bits per heavy atom. The Morgan fingerprint density at radius 1 is 1.11 bits per heavy atom. The fourth-order valence-corrected chi connectivity index (χ4v) is 4.26. The van der Waals surface area contributed by atoms with Crippen LogP contribution >= 0.6 is 11.8 Å². The molecule has 5 nitrogen and oxygen atoms in total. The molecule has 1 aliphatic carbocycles. The van der Waals surface area contributed by atoms with E-state index in [0.29, 0.717) is 11.3 Å². The van der Waals surface area contributed by atoms with Crippen LogP contribution < -0.4 is 5.32 Å². The standard InChI is InChI=1S/C22H20N4OS/c23-14-16-10-12-17(13-11-16)24-21(27)15-28-22-25-19-8-4-5-9-20(19)26(22)18-6-2-1-3-7-18/h1-3,6-7,10-13H,4-5,8-9,15H2,(H,24,27). The maximum atomic E-state index is 12.4. The van der Waals surface area contributed by atoms with Crippen LogP contribution in [-0.2, 0) is 17.6 Å². The molecule has 3 aromatic rings. The van der Waals surface area contributed by atoms with Crippen LogP contribution in [0.2, 0.25) is 0 Å². The maximum absolute atomic E-state index is 12.4. The van der Waals surface area contributed by atoms with Crippen molar-refractivity contribution in [2.75, 3.05) is 11.1 Å². The lowest BCUT2D eigenvalue weighted by atomic mass is 10.0. The molecule has 0 bridgehead atoms. The largest absolute Gasteiger partial charge is 0.325 e. The molecule has 0 radical (unpaired) electrons. The van der Waals surface area contributed by atoms with Crippen molar-refractivity contribution in [3.63, 3.8) is 0 Å². The summed E-state index contributed by atoms with van der Waals surface area (Å²) in [4.78, 5) is 17.2. The van der Waals surface area contributed by atoms with Gasteiger partial charge in [-0.05, 0) is 62.1 Å². The summed E-state index contributed by atoms with van der Waals surface area (Å²) in [5.41, 5.74) is 4.78. The van der Waals surface area contributed by atoms with Gasteiger partial charge in [0.25, 0.3) is 0 Å². The molecule has 0 saturated heterocycles. The number of nitrogens with one attached hydrogen (secondary N) is 1. The number of imidazole rings is 1. The Hall–Kier alpha value is -3.04. The summed E-state index contributed by atoms with van der Waals surface area (Å²) >= 11 is 1.46. The number of carbonyl (C=O) groups excluding carboxylic acids is 1. The number of aryl methyl sites for hydroxylation is 1. The fourth-order valence-electron chi connectivity index (χ4n) is 3.41. The molecule has 1 aliphatic rings. The lowest BCUT2D eigenvalue weighted by molar-refractivity contribution is -0.113. The third-order valence-electron chi connectivity index (χ3n) is 4.75. The zero-order valence-corrected chi connectivity index (χ0v) is 16.2. The van der Waals surface area contributed by atoms with E-state index in [4.69, 9.17) is 10.2 Å². The number of carbonyl (C=O) groups is 1. The minimum atomic E-state index is -0.0877. The molecular weight excluding hydrogens is 368 g/mol. The third-order valence-corrected chi connectivity index (χ3v) is 5.69. The number of anilines is 1. The van der Waals surface area contributed by atoms with Crippen LogP contribution in [0.15, 0.2) is 59.8 Å². The monoisotopic (exact) mass is 388 g/mol. The topological polar surface area (TPSA) is 70.7 Å². The lowest BCUT2D eigenvalue weighted by Crippen LogP contribution is -2.14. The molecule has 0 saturated carbocycles. The van der Waals surface area contributed by atoms with E-state index in [-0.39, 0.29) is 11.7 Å². The van der Waals surface area contributed by atoms with E-state index in [0.717, 1.165) is 29.4 Å². The van der Waals surface area contributed by atoms with Crippen molar-refractivity contribution in [3.8, 4) is 11.8 Å². The molecule has 28 heavy (non-hydrogen) atoms. The molecule has 1 aromatic heterocycles. The molecule has 0 spiro atoms. The summed E-state index contributed by atoms with van der Waals surface area (Å²) in [5.74, 6) is 0.193. The van der Waals surface area contributed by atoms with E-state index in [1.807, 2.05) is 18.2 Å². The highest BCUT2D eigenvalue weighted by atomic mass is 32.2. The second kappa shape index (κ2) is 8.32. The number of hydrogen-bond donors (Lipinski definition) is 1. The van der Waals surface area contributed by atoms with Gasteiger partial charge in [0.15, 0.2) is 5.16 Å². The van der Waals surface area contributed by atoms with Gasteiger partial charge in [0.05, 0.1) is 23.1 Å². The van der Waals surface area contributed by atoms with Gasteiger partial charge in [-0.25, -0.2) is 4.98 Å². The molecule has 1 heterocycles. The number of aromatic nitrogens is 2. The minimum Gasteiger partial charge on any atom is -0.325 e. The van der Waals surface area contributed by atoms with E-state index in [2.05, 4.69) is 28.1 Å². The molecule has 1 amide bonds. The van der Waals surface area contributed by atoms with Crippen molar-refractivity contribution >= 4 is 23.4 Å². The number of fused-ring (bicyclic) bond motifs is 1. The van der Waals surface area contributed by atoms with E-state index in [1.165, 1.54) is 30.3 Å². The van der Waals surface area contributed by atoms with Gasteiger partial charge < -0.3 is 5.32 Å². The van der Waals surface area contributed by atoms with E-state index < -0.39 is 0 Å². The van der Waals surface area contributed by atoms with Gasteiger partial charge in [0.1, 0.15) is 0 Å². The first kappa shape index (κ1) is 18.3.